The molecule has 0 saturated carbocycles. The molecule has 2 N–H and O–H groups in total. The van der Waals surface area contributed by atoms with E-state index in [0.29, 0.717) is 18.2 Å². The van der Waals surface area contributed by atoms with Crippen LogP contribution < -0.4 is 10.5 Å². The average molecular weight is 304 g/mol. The minimum absolute atomic E-state index is 0.526. The molecule has 2 aromatic carbocycles. The molecule has 0 aliphatic heterocycles. The van der Waals surface area contributed by atoms with Crippen molar-refractivity contribution in [3.63, 3.8) is 0 Å². The molecule has 3 aromatic rings. The topological polar surface area (TPSA) is 35.2 Å². The maximum Gasteiger partial charge on any atom is 0.119 e. The number of benzene rings is 2. The van der Waals surface area contributed by atoms with Gasteiger partial charge in [-0.3, -0.25) is 0 Å². The van der Waals surface area contributed by atoms with Gasteiger partial charge in [0.1, 0.15) is 12.4 Å². The van der Waals surface area contributed by atoms with Crippen LogP contribution in [-0.4, -0.2) is 0 Å². The number of nitrogens with two attached hydrogens (primary N) is 1. The summed E-state index contributed by atoms with van der Waals surface area (Å²) in [5, 5.41) is 1.94. The highest BCUT2D eigenvalue weighted by molar-refractivity contribution is 7.19. The van der Waals surface area contributed by atoms with Gasteiger partial charge in [0.2, 0.25) is 0 Å². The summed E-state index contributed by atoms with van der Waals surface area (Å²) < 4.78 is 7.10. The van der Waals surface area contributed by atoms with E-state index in [9.17, 15) is 0 Å². The van der Waals surface area contributed by atoms with E-state index in [1.807, 2.05) is 36.4 Å². The molecular weight excluding hydrogens is 290 g/mol. The van der Waals surface area contributed by atoms with Gasteiger partial charge in [-0.25, -0.2) is 0 Å². The molecule has 4 heteroatoms. The predicted octanol–water partition coefficient (Wildman–Crippen LogP) is 4.59. The predicted molar refractivity (Wildman–Crippen MR) is 85.5 cm³/mol. The van der Waals surface area contributed by atoms with Crippen molar-refractivity contribution in [3.05, 3.63) is 64.0 Å². The van der Waals surface area contributed by atoms with Crippen LogP contribution in [0.3, 0.4) is 0 Å². The second kappa shape index (κ2) is 5.83. The second-order valence-electron chi connectivity index (χ2n) is 4.45. The minimum Gasteiger partial charge on any atom is -0.489 e. The molecular formula is C16H14ClNOS. The van der Waals surface area contributed by atoms with E-state index >= 15 is 0 Å². The fourth-order valence-corrected chi connectivity index (χ4v) is 3.37. The van der Waals surface area contributed by atoms with Crippen molar-refractivity contribution in [2.45, 2.75) is 13.2 Å². The first-order valence-electron chi connectivity index (χ1n) is 6.35. The van der Waals surface area contributed by atoms with Crippen LogP contribution in [0.5, 0.6) is 5.75 Å². The Morgan fingerprint density at radius 1 is 1.05 bits per heavy atom. The number of ether oxygens (including phenoxy) is 1. The standard InChI is InChI=1S/C16H14ClNOS/c17-11-5-7-12(8-6-11)19-10-14-13-3-1-2-4-15(13)20-16(14)9-18/h1-8H,9-10,18H2. The summed E-state index contributed by atoms with van der Waals surface area (Å²) in [5.41, 5.74) is 7.02. The summed E-state index contributed by atoms with van der Waals surface area (Å²) >= 11 is 7.60. The van der Waals surface area contributed by atoms with E-state index in [-0.39, 0.29) is 0 Å². The summed E-state index contributed by atoms with van der Waals surface area (Å²) in [4.78, 5) is 1.18. The van der Waals surface area contributed by atoms with E-state index in [0.717, 1.165) is 5.75 Å². The zero-order valence-electron chi connectivity index (χ0n) is 10.8. The number of thiophene rings is 1. The Labute approximate surface area is 126 Å². The number of rotatable bonds is 4. The first kappa shape index (κ1) is 13.4. The Morgan fingerprint density at radius 3 is 2.55 bits per heavy atom. The van der Waals surface area contributed by atoms with Gasteiger partial charge >= 0.3 is 0 Å². The Kier molecular flexibility index (Phi) is 3.92. The van der Waals surface area contributed by atoms with Gasteiger partial charge in [-0.15, -0.1) is 11.3 Å². The molecule has 0 amide bonds. The van der Waals surface area contributed by atoms with Crippen molar-refractivity contribution in [2.75, 3.05) is 0 Å². The normalized spacial score (nSPS) is 10.9. The molecule has 0 bridgehead atoms. The molecule has 102 valence electrons. The van der Waals surface area contributed by atoms with E-state index in [4.69, 9.17) is 22.1 Å². The van der Waals surface area contributed by atoms with E-state index < -0.39 is 0 Å². The zero-order chi connectivity index (χ0) is 13.9. The molecule has 1 aromatic heterocycles. The molecule has 2 nitrogen and oxygen atoms in total. The third-order valence-electron chi connectivity index (χ3n) is 3.16. The van der Waals surface area contributed by atoms with Gasteiger partial charge in [0.05, 0.1) is 0 Å². The molecule has 0 saturated heterocycles. The Morgan fingerprint density at radius 2 is 1.80 bits per heavy atom. The lowest BCUT2D eigenvalue weighted by molar-refractivity contribution is 0.307. The molecule has 0 unspecified atom stereocenters. The lowest BCUT2D eigenvalue weighted by atomic mass is 10.1. The van der Waals surface area contributed by atoms with Crippen LogP contribution in [0.25, 0.3) is 10.1 Å². The van der Waals surface area contributed by atoms with E-state index in [1.165, 1.54) is 20.5 Å². The maximum absolute atomic E-state index is 5.87. The van der Waals surface area contributed by atoms with E-state index in [2.05, 4.69) is 12.1 Å². The molecule has 20 heavy (non-hydrogen) atoms. The van der Waals surface area contributed by atoms with Gasteiger partial charge in [0.25, 0.3) is 0 Å². The molecule has 0 radical (unpaired) electrons. The first-order valence-corrected chi connectivity index (χ1v) is 7.55. The zero-order valence-corrected chi connectivity index (χ0v) is 12.4. The van der Waals surface area contributed by atoms with Gasteiger partial charge in [-0.05, 0) is 35.7 Å². The summed E-state index contributed by atoms with van der Waals surface area (Å²) in [6.07, 6.45) is 0. The quantitative estimate of drug-likeness (QED) is 0.765. The summed E-state index contributed by atoms with van der Waals surface area (Å²) in [7, 11) is 0. The van der Waals surface area contributed by atoms with Gasteiger partial charge in [-0.2, -0.15) is 0 Å². The molecule has 3 rings (SSSR count). The van der Waals surface area contributed by atoms with Crippen LogP contribution in [0.15, 0.2) is 48.5 Å². The molecule has 0 spiro atoms. The third kappa shape index (κ3) is 2.66. The van der Waals surface area contributed by atoms with Gasteiger partial charge < -0.3 is 10.5 Å². The minimum atomic E-state index is 0.526. The second-order valence-corrected chi connectivity index (χ2v) is 6.02. The highest BCUT2D eigenvalue weighted by Crippen LogP contribution is 2.32. The Bertz CT molecular complexity index is 721. The maximum atomic E-state index is 5.87. The van der Waals surface area contributed by atoms with E-state index in [1.54, 1.807) is 11.3 Å². The highest BCUT2D eigenvalue weighted by Gasteiger charge is 2.11. The number of fused-ring (bicyclic) bond motifs is 1. The number of halogens is 1. The highest BCUT2D eigenvalue weighted by atomic mass is 35.5. The lowest BCUT2D eigenvalue weighted by Crippen LogP contribution is -2.01. The van der Waals surface area contributed by atoms with Gasteiger partial charge in [0, 0.05) is 26.7 Å². The fraction of sp³-hybridized carbons (Fsp3) is 0.125. The van der Waals surface area contributed by atoms with Crippen LogP contribution in [-0.2, 0) is 13.2 Å². The third-order valence-corrected chi connectivity index (χ3v) is 4.65. The number of hydrogen-bond donors (Lipinski definition) is 1. The van der Waals surface area contributed by atoms with Crippen LogP contribution in [0.1, 0.15) is 10.4 Å². The lowest BCUT2D eigenvalue weighted by Gasteiger charge is -2.07. The van der Waals surface area contributed by atoms with Crippen molar-refractivity contribution >= 4 is 33.0 Å². The molecule has 1 heterocycles. The van der Waals surface area contributed by atoms with Crippen molar-refractivity contribution < 1.29 is 4.74 Å². The first-order chi connectivity index (χ1) is 9.78. The largest absolute Gasteiger partial charge is 0.489 e. The summed E-state index contributed by atoms with van der Waals surface area (Å²) in [6, 6.07) is 15.7. The smallest absolute Gasteiger partial charge is 0.119 e. The number of hydrogen-bond acceptors (Lipinski definition) is 3. The van der Waals surface area contributed by atoms with Crippen molar-refractivity contribution in [2.24, 2.45) is 5.73 Å². The Balaban J connectivity index is 1.88. The monoisotopic (exact) mass is 303 g/mol. The van der Waals surface area contributed by atoms with Crippen molar-refractivity contribution in [3.8, 4) is 5.75 Å². The molecule has 0 fully saturated rings. The average Bonchev–Trinajstić information content (AvgIpc) is 2.84. The van der Waals surface area contributed by atoms with Crippen molar-refractivity contribution in [1.29, 1.82) is 0 Å². The van der Waals surface area contributed by atoms with Gasteiger partial charge in [-0.1, -0.05) is 29.8 Å². The summed E-state index contributed by atoms with van der Waals surface area (Å²) in [6.45, 7) is 1.07. The molecule has 0 aliphatic carbocycles. The van der Waals surface area contributed by atoms with Crippen LogP contribution in [0, 0.1) is 0 Å². The summed E-state index contributed by atoms with van der Waals surface area (Å²) in [5.74, 6) is 0.813. The SMILES string of the molecule is NCc1sc2ccccc2c1COc1ccc(Cl)cc1. The van der Waals surface area contributed by atoms with Crippen LogP contribution >= 0.6 is 22.9 Å². The van der Waals surface area contributed by atoms with Crippen LogP contribution in [0.4, 0.5) is 0 Å². The molecule has 0 atom stereocenters. The molecule has 0 aliphatic rings. The fourth-order valence-electron chi connectivity index (χ4n) is 2.16. The van der Waals surface area contributed by atoms with Crippen molar-refractivity contribution in [1.82, 2.24) is 0 Å². The van der Waals surface area contributed by atoms with Gasteiger partial charge in [0.15, 0.2) is 0 Å². The Hall–Kier alpha value is -1.55. The van der Waals surface area contributed by atoms with Crippen LogP contribution in [0.2, 0.25) is 5.02 Å².